The van der Waals surface area contributed by atoms with Gasteiger partial charge in [0, 0.05) is 29.8 Å². The number of carbonyl (C=O) groups excluding carboxylic acids is 1. The second kappa shape index (κ2) is 7.64. The van der Waals surface area contributed by atoms with Crippen molar-refractivity contribution in [3.8, 4) is 0 Å². The molecule has 0 atom stereocenters. The van der Waals surface area contributed by atoms with Gasteiger partial charge >= 0.3 is 6.03 Å². The lowest BCUT2D eigenvalue weighted by atomic mass is 10.0. The molecule has 0 bridgehead atoms. The third-order valence-electron chi connectivity index (χ3n) is 5.16. The molecule has 0 aliphatic carbocycles. The molecule has 1 aliphatic rings. The number of nitrogens with one attached hydrogen (secondary N) is 1. The fourth-order valence-electron chi connectivity index (χ4n) is 3.64. The molecule has 2 amide bonds. The van der Waals surface area contributed by atoms with E-state index in [0.717, 1.165) is 11.3 Å². The Hall–Kier alpha value is -2.86. The summed E-state index contributed by atoms with van der Waals surface area (Å²) in [5, 5.41) is 4.06. The Morgan fingerprint density at radius 1 is 1.18 bits per heavy atom. The number of fused-ring (bicyclic) bond motifs is 1. The van der Waals surface area contributed by atoms with Crippen LogP contribution >= 0.6 is 11.6 Å². The van der Waals surface area contributed by atoms with Gasteiger partial charge in [-0.3, -0.25) is 9.36 Å². The number of carbonyl (C=O) groups is 1. The molecule has 6 nitrogen and oxygen atoms in total. The van der Waals surface area contributed by atoms with Gasteiger partial charge in [0.2, 0.25) is 0 Å². The van der Waals surface area contributed by atoms with Gasteiger partial charge in [-0.25, -0.2) is 9.78 Å². The lowest BCUT2D eigenvalue weighted by Gasteiger charge is -2.32. The maximum Gasteiger partial charge on any atom is 0.321 e. The molecule has 1 fully saturated rings. The number of aryl methyl sites for hydroxylation is 1. The molecular formula is C21H21ClN4O2. The van der Waals surface area contributed by atoms with Crippen LogP contribution in [0.2, 0.25) is 5.02 Å². The van der Waals surface area contributed by atoms with Crippen molar-refractivity contribution in [1.82, 2.24) is 14.5 Å². The Bertz CT molecular complexity index is 1090. The number of amides is 2. The number of urea groups is 1. The second-order valence-corrected chi connectivity index (χ2v) is 7.57. The first kappa shape index (κ1) is 18.5. The molecule has 0 spiro atoms. The minimum Gasteiger partial charge on any atom is -0.324 e. The van der Waals surface area contributed by atoms with E-state index in [4.69, 9.17) is 11.6 Å². The van der Waals surface area contributed by atoms with Crippen LogP contribution in [0.5, 0.6) is 0 Å². The summed E-state index contributed by atoms with van der Waals surface area (Å²) < 4.78 is 1.69. The number of anilines is 1. The highest BCUT2D eigenvalue weighted by Crippen LogP contribution is 2.23. The van der Waals surface area contributed by atoms with Crippen molar-refractivity contribution in [2.75, 3.05) is 18.4 Å². The SMILES string of the molecule is Cc1cccc(NC(=O)N2CCC(n3cnc4cc(Cl)ccc4c3=O)CC2)c1. The third kappa shape index (κ3) is 3.73. The van der Waals surface area contributed by atoms with Gasteiger partial charge in [0.15, 0.2) is 0 Å². The zero-order valence-corrected chi connectivity index (χ0v) is 16.3. The quantitative estimate of drug-likeness (QED) is 0.704. The number of aromatic nitrogens is 2. The van der Waals surface area contributed by atoms with Crippen molar-refractivity contribution in [3.05, 3.63) is 69.7 Å². The van der Waals surface area contributed by atoms with Crippen LogP contribution < -0.4 is 10.9 Å². The molecule has 2 heterocycles. The molecule has 144 valence electrons. The van der Waals surface area contributed by atoms with E-state index in [1.165, 1.54) is 0 Å². The van der Waals surface area contributed by atoms with Crippen LogP contribution in [0.25, 0.3) is 10.9 Å². The Labute approximate surface area is 167 Å². The molecule has 1 aromatic heterocycles. The van der Waals surface area contributed by atoms with Gasteiger partial charge in [-0.05, 0) is 55.7 Å². The fourth-order valence-corrected chi connectivity index (χ4v) is 3.81. The van der Waals surface area contributed by atoms with E-state index in [2.05, 4.69) is 10.3 Å². The molecule has 7 heteroatoms. The van der Waals surface area contributed by atoms with Crippen LogP contribution in [-0.4, -0.2) is 33.6 Å². The Morgan fingerprint density at radius 2 is 1.96 bits per heavy atom. The van der Waals surface area contributed by atoms with Crippen molar-refractivity contribution in [1.29, 1.82) is 0 Å². The summed E-state index contributed by atoms with van der Waals surface area (Å²) in [4.78, 5) is 31.5. The molecule has 1 aliphatic heterocycles. The molecule has 2 aromatic carbocycles. The molecule has 28 heavy (non-hydrogen) atoms. The third-order valence-corrected chi connectivity index (χ3v) is 5.40. The molecule has 0 saturated carbocycles. The molecular weight excluding hydrogens is 376 g/mol. The van der Waals surface area contributed by atoms with Crippen LogP contribution in [0.1, 0.15) is 24.4 Å². The van der Waals surface area contributed by atoms with E-state index in [1.54, 1.807) is 34.0 Å². The minimum atomic E-state index is -0.109. The monoisotopic (exact) mass is 396 g/mol. The van der Waals surface area contributed by atoms with Crippen molar-refractivity contribution in [3.63, 3.8) is 0 Å². The normalized spacial score (nSPS) is 15.0. The zero-order chi connectivity index (χ0) is 19.7. The topological polar surface area (TPSA) is 67.2 Å². The molecule has 3 aromatic rings. The average molecular weight is 397 g/mol. The lowest BCUT2D eigenvalue weighted by Crippen LogP contribution is -2.42. The number of halogens is 1. The van der Waals surface area contributed by atoms with Crippen LogP contribution in [-0.2, 0) is 0 Å². The van der Waals surface area contributed by atoms with Gasteiger partial charge in [-0.15, -0.1) is 0 Å². The maximum atomic E-state index is 12.8. The Kier molecular flexibility index (Phi) is 5.05. The average Bonchev–Trinajstić information content (AvgIpc) is 2.68. The molecule has 0 radical (unpaired) electrons. The van der Waals surface area contributed by atoms with Crippen molar-refractivity contribution in [2.45, 2.75) is 25.8 Å². The van der Waals surface area contributed by atoms with E-state index in [0.29, 0.717) is 41.9 Å². The van der Waals surface area contributed by atoms with E-state index in [1.807, 2.05) is 31.2 Å². The summed E-state index contributed by atoms with van der Waals surface area (Å²) in [7, 11) is 0. The number of benzene rings is 2. The van der Waals surface area contributed by atoms with E-state index in [-0.39, 0.29) is 17.6 Å². The van der Waals surface area contributed by atoms with E-state index < -0.39 is 0 Å². The first-order valence-corrected chi connectivity index (χ1v) is 9.68. The van der Waals surface area contributed by atoms with Gasteiger partial charge < -0.3 is 10.2 Å². The standard InChI is InChI=1S/C21H21ClN4O2/c1-14-3-2-4-16(11-14)24-21(28)25-9-7-17(8-10-25)26-13-23-19-12-15(22)5-6-18(19)20(26)27/h2-6,11-13,17H,7-10H2,1H3,(H,24,28). The minimum absolute atomic E-state index is 0.0306. The molecule has 4 rings (SSSR count). The molecule has 0 unspecified atom stereocenters. The summed E-state index contributed by atoms with van der Waals surface area (Å²) in [5.41, 5.74) is 2.43. The zero-order valence-electron chi connectivity index (χ0n) is 15.6. The predicted molar refractivity (Wildman–Crippen MR) is 111 cm³/mol. The predicted octanol–water partition coefficient (Wildman–Crippen LogP) is 4.23. The van der Waals surface area contributed by atoms with Crippen molar-refractivity contribution >= 4 is 34.2 Å². The molecule has 1 saturated heterocycles. The Balaban J connectivity index is 1.45. The van der Waals surface area contributed by atoms with Gasteiger partial charge in [0.1, 0.15) is 0 Å². The number of hydrogen-bond donors (Lipinski definition) is 1. The van der Waals surface area contributed by atoms with E-state index >= 15 is 0 Å². The first-order valence-electron chi connectivity index (χ1n) is 9.30. The van der Waals surface area contributed by atoms with Crippen LogP contribution in [0.3, 0.4) is 0 Å². The number of piperidine rings is 1. The lowest BCUT2D eigenvalue weighted by molar-refractivity contribution is 0.182. The smallest absolute Gasteiger partial charge is 0.321 e. The van der Waals surface area contributed by atoms with Crippen molar-refractivity contribution < 1.29 is 4.79 Å². The number of hydrogen-bond acceptors (Lipinski definition) is 3. The van der Waals surface area contributed by atoms with Gasteiger partial charge in [0.05, 0.1) is 17.2 Å². The summed E-state index contributed by atoms with van der Waals surface area (Å²) in [6, 6.07) is 12.8. The van der Waals surface area contributed by atoms with Crippen LogP contribution in [0.15, 0.2) is 53.6 Å². The van der Waals surface area contributed by atoms with Gasteiger partial charge in [0.25, 0.3) is 5.56 Å². The maximum absolute atomic E-state index is 12.8. The summed E-state index contributed by atoms with van der Waals surface area (Å²) in [6.45, 7) is 3.17. The molecule has 1 N–H and O–H groups in total. The highest BCUT2D eigenvalue weighted by molar-refractivity contribution is 6.31. The highest BCUT2D eigenvalue weighted by Gasteiger charge is 2.25. The number of nitrogens with zero attached hydrogens (tertiary/aromatic N) is 3. The van der Waals surface area contributed by atoms with Gasteiger partial charge in [-0.2, -0.15) is 0 Å². The fraction of sp³-hybridized carbons (Fsp3) is 0.286. The number of likely N-dealkylation sites (tertiary alicyclic amines) is 1. The second-order valence-electron chi connectivity index (χ2n) is 7.14. The first-order chi connectivity index (χ1) is 13.5. The largest absolute Gasteiger partial charge is 0.324 e. The summed E-state index contributed by atoms with van der Waals surface area (Å²) >= 11 is 5.98. The Morgan fingerprint density at radius 3 is 2.71 bits per heavy atom. The van der Waals surface area contributed by atoms with E-state index in [9.17, 15) is 9.59 Å². The van der Waals surface area contributed by atoms with Gasteiger partial charge in [-0.1, -0.05) is 23.7 Å². The summed E-state index contributed by atoms with van der Waals surface area (Å²) in [6.07, 6.45) is 3.01. The number of rotatable bonds is 2. The summed E-state index contributed by atoms with van der Waals surface area (Å²) in [5.74, 6) is 0. The highest BCUT2D eigenvalue weighted by atomic mass is 35.5. The van der Waals surface area contributed by atoms with Crippen molar-refractivity contribution in [2.24, 2.45) is 0 Å². The van der Waals surface area contributed by atoms with Crippen LogP contribution in [0, 0.1) is 6.92 Å². The van der Waals surface area contributed by atoms with Crippen LogP contribution in [0.4, 0.5) is 10.5 Å².